The Kier molecular flexibility index (Phi) is 8.58. The molecule has 0 spiro atoms. The average molecular weight is 375 g/mol. The van der Waals surface area contributed by atoms with Crippen molar-refractivity contribution in [2.24, 2.45) is 10.9 Å². The fourth-order valence-electron chi connectivity index (χ4n) is 3.45. The first-order valence-corrected chi connectivity index (χ1v) is 9.87. The molecule has 6 heteroatoms. The molecule has 0 aromatic heterocycles. The van der Waals surface area contributed by atoms with E-state index in [1.807, 2.05) is 20.0 Å². The molecular weight excluding hydrogens is 340 g/mol. The molecule has 1 fully saturated rings. The van der Waals surface area contributed by atoms with Crippen molar-refractivity contribution >= 4 is 11.9 Å². The molecule has 0 radical (unpaired) electrons. The topological polar surface area (TPSA) is 57.2 Å². The molecule has 1 heterocycles. The molecule has 1 aliphatic heterocycles. The number of guanidine groups is 1. The highest BCUT2D eigenvalue weighted by Crippen LogP contribution is 2.18. The maximum Gasteiger partial charge on any atom is 0.309 e. The van der Waals surface area contributed by atoms with Crippen LogP contribution in [0.1, 0.15) is 25.3 Å². The summed E-state index contributed by atoms with van der Waals surface area (Å²) in [7, 11) is 6.05. The van der Waals surface area contributed by atoms with Gasteiger partial charge in [0, 0.05) is 32.7 Å². The summed E-state index contributed by atoms with van der Waals surface area (Å²) in [6.45, 7) is 4.79. The van der Waals surface area contributed by atoms with Crippen LogP contribution in [0.3, 0.4) is 0 Å². The van der Waals surface area contributed by atoms with Gasteiger partial charge in [-0.25, -0.2) is 0 Å². The zero-order valence-corrected chi connectivity index (χ0v) is 17.1. The Labute approximate surface area is 163 Å². The lowest BCUT2D eigenvalue weighted by molar-refractivity contribution is -0.149. The molecule has 1 N–H and O–H groups in total. The van der Waals surface area contributed by atoms with E-state index >= 15 is 0 Å². The Balaban J connectivity index is 1.86. The zero-order valence-electron chi connectivity index (χ0n) is 17.1. The predicted molar refractivity (Wildman–Crippen MR) is 110 cm³/mol. The summed E-state index contributed by atoms with van der Waals surface area (Å²) in [5.41, 5.74) is 1.34. The van der Waals surface area contributed by atoms with Gasteiger partial charge in [-0.05, 0) is 45.8 Å². The smallest absolute Gasteiger partial charge is 0.309 e. The van der Waals surface area contributed by atoms with Gasteiger partial charge in [0.2, 0.25) is 0 Å². The van der Waals surface area contributed by atoms with E-state index < -0.39 is 0 Å². The van der Waals surface area contributed by atoms with E-state index in [4.69, 9.17) is 4.74 Å². The minimum absolute atomic E-state index is 0.0203. The van der Waals surface area contributed by atoms with Crippen LogP contribution in [0.25, 0.3) is 0 Å². The van der Waals surface area contributed by atoms with E-state index in [0.29, 0.717) is 12.6 Å². The van der Waals surface area contributed by atoms with Crippen LogP contribution in [-0.4, -0.2) is 75.2 Å². The van der Waals surface area contributed by atoms with Gasteiger partial charge in [0.05, 0.1) is 12.5 Å². The quantitative estimate of drug-likeness (QED) is 0.449. The summed E-state index contributed by atoms with van der Waals surface area (Å²) in [6, 6.07) is 10.9. The number of aliphatic imine (C=N–C) groups is 1. The summed E-state index contributed by atoms with van der Waals surface area (Å²) in [4.78, 5) is 20.9. The molecule has 2 rings (SSSR count). The van der Waals surface area contributed by atoms with E-state index in [9.17, 15) is 4.79 Å². The third-order valence-electron chi connectivity index (χ3n) is 5.17. The lowest BCUT2D eigenvalue weighted by Crippen LogP contribution is -2.50. The average Bonchev–Trinajstić information content (AvgIpc) is 2.68. The van der Waals surface area contributed by atoms with Crippen LogP contribution in [0.15, 0.2) is 35.3 Å². The first-order valence-electron chi connectivity index (χ1n) is 9.87. The summed E-state index contributed by atoms with van der Waals surface area (Å²) in [5, 5.41) is 3.53. The number of benzene rings is 1. The van der Waals surface area contributed by atoms with E-state index in [0.717, 1.165) is 44.9 Å². The number of piperidine rings is 1. The Morgan fingerprint density at radius 1 is 1.30 bits per heavy atom. The highest BCUT2D eigenvalue weighted by Gasteiger charge is 2.27. The van der Waals surface area contributed by atoms with Crippen molar-refractivity contribution in [3.8, 4) is 0 Å². The summed E-state index contributed by atoms with van der Waals surface area (Å²) in [5.74, 6) is 0.875. The van der Waals surface area contributed by atoms with Crippen LogP contribution >= 0.6 is 0 Å². The van der Waals surface area contributed by atoms with Gasteiger partial charge in [0.15, 0.2) is 5.96 Å². The first-order chi connectivity index (χ1) is 13.0. The number of likely N-dealkylation sites (N-methyl/N-ethyl adjacent to an activating group) is 1. The lowest BCUT2D eigenvalue weighted by Gasteiger charge is -2.34. The second-order valence-electron chi connectivity index (χ2n) is 7.25. The van der Waals surface area contributed by atoms with Crippen molar-refractivity contribution in [3.63, 3.8) is 0 Å². The van der Waals surface area contributed by atoms with Gasteiger partial charge >= 0.3 is 5.97 Å². The summed E-state index contributed by atoms with van der Waals surface area (Å²) < 4.78 is 5.16. The largest absolute Gasteiger partial charge is 0.466 e. The van der Waals surface area contributed by atoms with Crippen LogP contribution in [0.4, 0.5) is 0 Å². The van der Waals surface area contributed by atoms with E-state index in [2.05, 4.69) is 58.5 Å². The molecule has 1 aromatic carbocycles. The molecule has 1 saturated heterocycles. The standard InChI is InChI=1S/C21H34N4O2/c1-5-27-20(26)18-11-13-25(14-12-18)21(22-2)23-16-19(24(3)4)15-17-9-7-6-8-10-17/h6-10,18-19H,5,11-16H2,1-4H3,(H,22,23). The Morgan fingerprint density at radius 3 is 2.52 bits per heavy atom. The molecule has 27 heavy (non-hydrogen) atoms. The zero-order chi connectivity index (χ0) is 19.6. The van der Waals surface area contributed by atoms with Crippen molar-refractivity contribution in [1.29, 1.82) is 0 Å². The van der Waals surface area contributed by atoms with Crippen molar-refractivity contribution in [1.82, 2.24) is 15.1 Å². The molecule has 1 aliphatic rings. The van der Waals surface area contributed by atoms with Gasteiger partial charge in [-0.3, -0.25) is 9.79 Å². The Morgan fingerprint density at radius 2 is 1.96 bits per heavy atom. The number of carbonyl (C=O) groups excluding carboxylic acids is 1. The van der Waals surface area contributed by atoms with Gasteiger partial charge in [-0.15, -0.1) is 0 Å². The lowest BCUT2D eigenvalue weighted by atomic mass is 9.97. The maximum absolute atomic E-state index is 11.9. The normalized spacial score (nSPS) is 17.1. The number of hydrogen-bond donors (Lipinski definition) is 1. The SMILES string of the molecule is CCOC(=O)C1CCN(C(=NC)NCC(Cc2ccccc2)N(C)C)CC1. The summed E-state index contributed by atoms with van der Waals surface area (Å²) in [6.07, 6.45) is 2.63. The number of nitrogens with zero attached hydrogens (tertiary/aromatic N) is 3. The van der Waals surface area contributed by atoms with E-state index in [1.165, 1.54) is 5.56 Å². The van der Waals surface area contributed by atoms with Crippen molar-refractivity contribution in [2.45, 2.75) is 32.2 Å². The third-order valence-corrected chi connectivity index (χ3v) is 5.17. The highest BCUT2D eigenvalue weighted by atomic mass is 16.5. The van der Waals surface area contributed by atoms with Gasteiger partial charge in [-0.1, -0.05) is 30.3 Å². The Bertz CT molecular complexity index is 595. The number of likely N-dealkylation sites (tertiary alicyclic amines) is 1. The molecule has 150 valence electrons. The fraction of sp³-hybridized carbons (Fsp3) is 0.619. The molecule has 0 bridgehead atoms. The maximum atomic E-state index is 11.9. The highest BCUT2D eigenvalue weighted by molar-refractivity contribution is 5.80. The molecule has 0 amide bonds. The molecule has 1 atom stereocenters. The number of rotatable bonds is 7. The summed E-state index contributed by atoms with van der Waals surface area (Å²) >= 11 is 0. The molecule has 0 aliphatic carbocycles. The minimum atomic E-state index is -0.0596. The van der Waals surface area contributed by atoms with Crippen molar-refractivity contribution in [3.05, 3.63) is 35.9 Å². The Hall–Kier alpha value is -2.08. The van der Waals surface area contributed by atoms with E-state index in [1.54, 1.807) is 0 Å². The second-order valence-corrected chi connectivity index (χ2v) is 7.25. The second kappa shape index (κ2) is 10.9. The number of carbonyl (C=O) groups is 1. The number of esters is 1. The molecule has 0 saturated carbocycles. The van der Waals surface area contributed by atoms with Crippen LogP contribution < -0.4 is 5.32 Å². The van der Waals surface area contributed by atoms with Gasteiger partial charge in [0.1, 0.15) is 0 Å². The van der Waals surface area contributed by atoms with Crippen LogP contribution in [0.2, 0.25) is 0 Å². The van der Waals surface area contributed by atoms with Crippen LogP contribution in [0.5, 0.6) is 0 Å². The van der Waals surface area contributed by atoms with Gasteiger partial charge < -0.3 is 19.9 Å². The van der Waals surface area contributed by atoms with Crippen molar-refractivity contribution in [2.75, 3.05) is 47.4 Å². The third kappa shape index (κ3) is 6.54. The van der Waals surface area contributed by atoms with Crippen LogP contribution in [-0.2, 0) is 16.0 Å². The first kappa shape index (κ1) is 21.2. The number of nitrogens with one attached hydrogen (secondary N) is 1. The van der Waals surface area contributed by atoms with E-state index in [-0.39, 0.29) is 11.9 Å². The molecular formula is C21H34N4O2. The molecule has 1 unspecified atom stereocenters. The van der Waals surface area contributed by atoms with Gasteiger partial charge in [-0.2, -0.15) is 0 Å². The minimum Gasteiger partial charge on any atom is -0.466 e. The fourth-order valence-corrected chi connectivity index (χ4v) is 3.45. The van der Waals surface area contributed by atoms with Crippen molar-refractivity contribution < 1.29 is 9.53 Å². The predicted octanol–water partition coefficient (Wildman–Crippen LogP) is 2.01. The molecule has 6 nitrogen and oxygen atoms in total. The monoisotopic (exact) mass is 374 g/mol. The molecule has 1 aromatic rings. The van der Waals surface area contributed by atoms with Crippen LogP contribution in [0, 0.1) is 5.92 Å². The number of ether oxygens (including phenoxy) is 1. The van der Waals surface area contributed by atoms with Gasteiger partial charge in [0.25, 0.3) is 0 Å². The number of hydrogen-bond acceptors (Lipinski definition) is 4.